The SMILES string of the molecule is CCCCCCCCCCCCCN(C)c1ccc2ccccc2c1. The van der Waals surface area contributed by atoms with Gasteiger partial charge >= 0.3 is 0 Å². The van der Waals surface area contributed by atoms with Crippen molar-refractivity contribution in [3.05, 3.63) is 42.5 Å². The average molecular weight is 340 g/mol. The first-order valence-corrected chi connectivity index (χ1v) is 10.5. The Kier molecular flexibility index (Phi) is 9.47. The second-order valence-corrected chi connectivity index (χ2v) is 7.49. The molecule has 0 unspecified atom stereocenters. The normalized spacial score (nSPS) is 11.1. The fourth-order valence-electron chi connectivity index (χ4n) is 3.56. The summed E-state index contributed by atoms with van der Waals surface area (Å²) < 4.78 is 0. The first-order chi connectivity index (χ1) is 12.3. The van der Waals surface area contributed by atoms with Gasteiger partial charge < -0.3 is 4.90 Å². The van der Waals surface area contributed by atoms with Crippen LogP contribution in [0.1, 0.15) is 77.6 Å². The Morgan fingerprint density at radius 2 is 1.20 bits per heavy atom. The number of hydrogen-bond donors (Lipinski definition) is 0. The molecule has 0 heterocycles. The third-order valence-corrected chi connectivity index (χ3v) is 5.27. The molecule has 0 aliphatic carbocycles. The minimum atomic E-state index is 1.16. The summed E-state index contributed by atoms with van der Waals surface area (Å²) in [4.78, 5) is 2.40. The van der Waals surface area contributed by atoms with Crippen LogP contribution in [-0.2, 0) is 0 Å². The second kappa shape index (κ2) is 12.0. The van der Waals surface area contributed by atoms with Crippen molar-refractivity contribution >= 4 is 16.5 Å². The van der Waals surface area contributed by atoms with Crippen LogP contribution < -0.4 is 4.90 Å². The van der Waals surface area contributed by atoms with Gasteiger partial charge in [-0.3, -0.25) is 0 Å². The fourth-order valence-corrected chi connectivity index (χ4v) is 3.56. The van der Waals surface area contributed by atoms with Crippen molar-refractivity contribution in [1.29, 1.82) is 0 Å². The molecular formula is C24H37N. The van der Waals surface area contributed by atoms with E-state index in [9.17, 15) is 0 Å². The topological polar surface area (TPSA) is 3.24 Å². The zero-order chi connectivity index (χ0) is 17.7. The highest BCUT2D eigenvalue weighted by atomic mass is 15.1. The predicted octanol–water partition coefficient (Wildman–Crippen LogP) is 7.59. The van der Waals surface area contributed by atoms with Crippen LogP contribution in [-0.4, -0.2) is 13.6 Å². The zero-order valence-corrected chi connectivity index (χ0v) is 16.5. The maximum Gasteiger partial charge on any atom is 0.0370 e. The van der Waals surface area contributed by atoms with E-state index in [0.29, 0.717) is 0 Å². The molecule has 25 heavy (non-hydrogen) atoms. The smallest absolute Gasteiger partial charge is 0.0370 e. The molecule has 0 fully saturated rings. The van der Waals surface area contributed by atoms with Gasteiger partial charge in [0.25, 0.3) is 0 Å². The number of hydrogen-bond acceptors (Lipinski definition) is 1. The summed E-state index contributed by atoms with van der Waals surface area (Å²) in [5, 5.41) is 2.67. The molecule has 0 aliphatic rings. The largest absolute Gasteiger partial charge is 0.375 e. The van der Waals surface area contributed by atoms with E-state index < -0.39 is 0 Å². The fraction of sp³-hybridized carbons (Fsp3) is 0.583. The molecule has 2 aromatic carbocycles. The molecule has 0 saturated carbocycles. The van der Waals surface area contributed by atoms with Gasteiger partial charge in [0, 0.05) is 19.3 Å². The number of fused-ring (bicyclic) bond motifs is 1. The second-order valence-electron chi connectivity index (χ2n) is 7.49. The van der Waals surface area contributed by atoms with Gasteiger partial charge in [-0.2, -0.15) is 0 Å². The number of unbranched alkanes of at least 4 members (excludes halogenated alkanes) is 10. The molecule has 0 bridgehead atoms. The van der Waals surface area contributed by atoms with Gasteiger partial charge in [0.05, 0.1) is 0 Å². The van der Waals surface area contributed by atoms with Crippen LogP contribution in [0, 0.1) is 0 Å². The summed E-state index contributed by atoms with van der Waals surface area (Å²) in [6.45, 7) is 3.45. The van der Waals surface area contributed by atoms with Gasteiger partial charge in [-0.15, -0.1) is 0 Å². The molecule has 0 aliphatic heterocycles. The molecule has 2 aromatic rings. The molecule has 0 amide bonds. The molecule has 1 heteroatoms. The Bertz CT molecular complexity index is 589. The van der Waals surface area contributed by atoms with E-state index in [-0.39, 0.29) is 0 Å². The van der Waals surface area contributed by atoms with Crippen molar-refractivity contribution in [2.75, 3.05) is 18.5 Å². The standard InChI is InChI=1S/C24H37N/c1-3-4-5-6-7-8-9-10-11-12-15-20-25(2)24-19-18-22-16-13-14-17-23(22)21-24/h13-14,16-19,21H,3-12,15,20H2,1-2H3. The van der Waals surface area contributed by atoms with E-state index >= 15 is 0 Å². The van der Waals surface area contributed by atoms with Gasteiger partial charge in [-0.05, 0) is 29.3 Å². The van der Waals surface area contributed by atoms with E-state index in [4.69, 9.17) is 0 Å². The first kappa shape index (κ1) is 19.8. The van der Waals surface area contributed by atoms with Crippen LogP contribution >= 0.6 is 0 Å². The van der Waals surface area contributed by atoms with Crippen molar-refractivity contribution in [2.45, 2.75) is 77.6 Å². The third kappa shape index (κ3) is 7.50. The number of anilines is 1. The summed E-state index contributed by atoms with van der Waals surface area (Å²) in [5.74, 6) is 0. The molecule has 0 aromatic heterocycles. The van der Waals surface area contributed by atoms with Crippen molar-refractivity contribution in [3.63, 3.8) is 0 Å². The van der Waals surface area contributed by atoms with Gasteiger partial charge in [-0.25, -0.2) is 0 Å². The van der Waals surface area contributed by atoms with Crippen LogP contribution in [0.25, 0.3) is 10.8 Å². The molecule has 0 radical (unpaired) electrons. The first-order valence-electron chi connectivity index (χ1n) is 10.5. The van der Waals surface area contributed by atoms with Gasteiger partial charge in [-0.1, -0.05) is 101 Å². The molecular weight excluding hydrogens is 302 g/mol. The van der Waals surface area contributed by atoms with E-state index in [0.717, 1.165) is 6.54 Å². The van der Waals surface area contributed by atoms with Crippen molar-refractivity contribution in [2.24, 2.45) is 0 Å². The Morgan fingerprint density at radius 3 is 1.84 bits per heavy atom. The Labute approximate surface area is 155 Å². The number of nitrogens with zero attached hydrogens (tertiary/aromatic N) is 1. The maximum absolute atomic E-state index is 2.40. The van der Waals surface area contributed by atoms with Crippen molar-refractivity contribution in [3.8, 4) is 0 Å². The number of benzene rings is 2. The average Bonchev–Trinajstić information content (AvgIpc) is 2.65. The minimum absolute atomic E-state index is 1.16. The van der Waals surface area contributed by atoms with Crippen LogP contribution in [0.5, 0.6) is 0 Å². The van der Waals surface area contributed by atoms with Crippen LogP contribution in [0.4, 0.5) is 5.69 Å². The van der Waals surface area contributed by atoms with E-state index in [1.807, 2.05) is 0 Å². The van der Waals surface area contributed by atoms with Gasteiger partial charge in [0.2, 0.25) is 0 Å². The number of rotatable bonds is 13. The van der Waals surface area contributed by atoms with Crippen LogP contribution in [0.15, 0.2) is 42.5 Å². The molecule has 1 nitrogen and oxygen atoms in total. The highest BCUT2D eigenvalue weighted by molar-refractivity contribution is 5.85. The highest BCUT2D eigenvalue weighted by Gasteiger charge is 2.02. The maximum atomic E-state index is 2.40. The summed E-state index contributed by atoms with van der Waals surface area (Å²) in [6, 6.07) is 15.4. The van der Waals surface area contributed by atoms with E-state index in [2.05, 4.69) is 61.3 Å². The Hall–Kier alpha value is -1.50. The van der Waals surface area contributed by atoms with Crippen molar-refractivity contribution in [1.82, 2.24) is 0 Å². The quantitative estimate of drug-likeness (QED) is 0.340. The molecule has 0 N–H and O–H groups in total. The molecule has 0 spiro atoms. The summed E-state index contributed by atoms with van der Waals surface area (Å²) >= 11 is 0. The van der Waals surface area contributed by atoms with Gasteiger partial charge in [0.15, 0.2) is 0 Å². The highest BCUT2D eigenvalue weighted by Crippen LogP contribution is 2.21. The lowest BCUT2D eigenvalue weighted by molar-refractivity contribution is 0.549. The van der Waals surface area contributed by atoms with Crippen LogP contribution in [0.3, 0.4) is 0 Å². The van der Waals surface area contributed by atoms with Gasteiger partial charge in [0.1, 0.15) is 0 Å². The van der Waals surface area contributed by atoms with Crippen molar-refractivity contribution < 1.29 is 0 Å². The van der Waals surface area contributed by atoms with E-state index in [1.54, 1.807) is 0 Å². The third-order valence-electron chi connectivity index (χ3n) is 5.27. The summed E-state index contributed by atoms with van der Waals surface area (Å²) in [7, 11) is 2.22. The Morgan fingerprint density at radius 1 is 0.640 bits per heavy atom. The summed E-state index contributed by atoms with van der Waals surface area (Å²) in [5.41, 5.74) is 1.34. The molecule has 0 saturated heterocycles. The molecule has 138 valence electrons. The van der Waals surface area contributed by atoms with Crippen LogP contribution in [0.2, 0.25) is 0 Å². The lowest BCUT2D eigenvalue weighted by Crippen LogP contribution is -2.18. The zero-order valence-electron chi connectivity index (χ0n) is 16.5. The van der Waals surface area contributed by atoms with E-state index in [1.165, 1.54) is 87.1 Å². The Balaban J connectivity index is 1.54. The minimum Gasteiger partial charge on any atom is -0.375 e. The predicted molar refractivity (Wildman–Crippen MR) is 114 cm³/mol. The monoisotopic (exact) mass is 339 g/mol. The molecule has 0 atom stereocenters. The lowest BCUT2D eigenvalue weighted by Gasteiger charge is -2.19. The lowest BCUT2D eigenvalue weighted by atomic mass is 10.1. The molecule has 2 rings (SSSR count). The summed E-state index contributed by atoms with van der Waals surface area (Å²) in [6.07, 6.45) is 15.5.